The van der Waals surface area contributed by atoms with E-state index < -0.39 is 0 Å². The summed E-state index contributed by atoms with van der Waals surface area (Å²) in [5.74, 6) is 0.162. The molecule has 0 saturated carbocycles. The van der Waals surface area contributed by atoms with Crippen molar-refractivity contribution in [2.45, 2.75) is 39.3 Å². The van der Waals surface area contributed by atoms with Gasteiger partial charge in [0.2, 0.25) is 0 Å². The molecule has 0 bridgehead atoms. The fourth-order valence-corrected chi connectivity index (χ4v) is 2.73. The number of piperidine rings is 1. The van der Waals surface area contributed by atoms with Crippen LogP contribution in [0.1, 0.15) is 37.4 Å². The number of aliphatic hydroxyl groups is 1. The summed E-state index contributed by atoms with van der Waals surface area (Å²) in [6.45, 7) is 7.42. The lowest BCUT2D eigenvalue weighted by Crippen LogP contribution is -2.43. The Balaban J connectivity index is 2.37. The largest absolute Gasteiger partial charge is 0.391 e. The predicted octanol–water partition coefficient (Wildman–Crippen LogP) is 2.62. The molecular formula is C16H25FN2O. The van der Waals surface area contributed by atoms with E-state index in [2.05, 4.69) is 17.1 Å². The Morgan fingerprint density at radius 2 is 2.15 bits per heavy atom. The van der Waals surface area contributed by atoms with E-state index in [1.165, 1.54) is 0 Å². The Kier molecular flexibility index (Phi) is 4.66. The Morgan fingerprint density at radius 1 is 1.45 bits per heavy atom. The number of rotatable bonds is 3. The maximum absolute atomic E-state index is 13.9. The minimum atomic E-state index is -0.313. The highest BCUT2D eigenvalue weighted by atomic mass is 19.1. The normalized spacial score (nSPS) is 24.8. The van der Waals surface area contributed by atoms with Gasteiger partial charge in [-0.2, -0.15) is 0 Å². The molecular weight excluding hydrogens is 255 g/mol. The van der Waals surface area contributed by atoms with Crippen LogP contribution in [0.15, 0.2) is 12.1 Å². The van der Waals surface area contributed by atoms with Crippen molar-refractivity contribution in [3.63, 3.8) is 0 Å². The third-order valence-electron chi connectivity index (χ3n) is 4.47. The zero-order valence-electron chi connectivity index (χ0n) is 12.8. The molecule has 1 fully saturated rings. The first-order valence-corrected chi connectivity index (χ1v) is 7.34. The highest BCUT2D eigenvalue weighted by molar-refractivity contribution is 5.57. The SMILES string of the molecule is CNC(C)c1cc(F)c(C)cc1N1CCC(C)C(O)C1. The summed E-state index contributed by atoms with van der Waals surface area (Å²) in [7, 11) is 1.87. The van der Waals surface area contributed by atoms with Crippen LogP contribution in [0.2, 0.25) is 0 Å². The Bertz CT molecular complexity index is 478. The van der Waals surface area contributed by atoms with Crippen LogP contribution in [0.25, 0.3) is 0 Å². The molecule has 0 spiro atoms. The van der Waals surface area contributed by atoms with Crippen LogP contribution in [0, 0.1) is 18.7 Å². The first-order valence-electron chi connectivity index (χ1n) is 7.34. The third-order valence-corrected chi connectivity index (χ3v) is 4.47. The molecule has 2 rings (SSSR count). The molecule has 3 atom stereocenters. The van der Waals surface area contributed by atoms with Crippen LogP contribution in [-0.4, -0.2) is 31.3 Å². The molecule has 0 aliphatic carbocycles. The van der Waals surface area contributed by atoms with E-state index in [-0.39, 0.29) is 18.0 Å². The van der Waals surface area contributed by atoms with Gasteiger partial charge in [-0.25, -0.2) is 4.39 Å². The number of nitrogens with zero attached hydrogens (tertiary/aromatic N) is 1. The highest BCUT2D eigenvalue weighted by Gasteiger charge is 2.26. The Labute approximate surface area is 120 Å². The average Bonchev–Trinajstić information content (AvgIpc) is 2.43. The van der Waals surface area contributed by atoms with Crippen molar-refractivity contribution in [1.82, 2.24) is 5.32 Å². The number of anilines is 1. The number of aryl methyl sites for hydroxylation is 1. The standard InChI is InChI=1S/C16H25FN2O/c1-10-5-6-19(9-16(10)20)15-7-11(2)14(17)8-13(15)12(3)18-4/h7-8,10,12,16,18,20H,5-6,9H2,1-4H3. The highest BCUT2D eigenvalue weighted by Crippen LogP contribution is 2.32. The van der Waals surface area contributed by atoms with Crippen LogP contribution in [-0.2, 0) is 0 Å². The molecule has 1 aromatic rings. The molecule has 0 aromatic heterocycles. The molecule has 3 nitrogen and oxygen atoms in total. The van der Waals surface area contributed by atoms with Crippen molar-refractivity contribution in [3.05, 3.63) is 29.1 Å². The van der Waals surface area contributed by atoms with Gasteiger partial charge in [0.1, 0.15) is 5.82 Å². The van der Waals surface area contributed by atoms with Crippen molar-refractivity contribution in [2.75, 3.05) is 25.0 Å². The quantitative estimate of drug-likeness (QED) is 0.893. The minimum absolute atomic E-state index is 0.0802. The monoisotopic (exact) mass is 280 g/mol. The molecule has 1 aromatic carbocycles. The van der Waals surface area contributed by atoms with E-state index in [9.17, 15) is 9.50 Å². The lowest BCUT2D eigenvalue weighted by Gasteiger charge is -2.37. The van der Waals surface area contributed by atoms with Gasteiger partial charge in [0.05, 0.1) is 6.10 Å². The molecule has 1 heterocycles. The van der Waals surface area contributed by atoms with Gasteiger partial charge in [-0.05, 0) is 56.5 Å². The molecule has 1 aliphatic rings. The topological polar surface area (TPSA) is 35.5 Å². The van der Waals surface area contributed by atoms with Crippen LogP contribution in [0.4, 0.5) is 10.1 Å². The second-order valence-electron chi connectivity index (χ2n) is 5.95. The molecule has 1 saturated heterocycles. The molecule has 2 N–H and O–H groups in total. The summed E-state index contributed by atoms with van der Waals surface area (Å²) in [5.41, 5.74) is 2.65. The number of β-amino-alcohol motifs (C(OH)–C–C–N with tert-alkyl or cyclic N) is 1. The first-order chi connectivity index (χ1) is 9.43. The lowest BCUT2D eigenvalue weighted by atomic mass is 9.94. The number of hydrogen-bond acceptors (Lipinski definition) is 3. The lowest BCUT2D eigenvalue weighted by molar-refractivity contribution is 0.103. The Hall–Kier alpha value is -1.13. The van der Waals surface area contributed by atoms with Gasteiger partial charge in [0.25, 0.3) is 0 Å². The van der Waals surface area contributed by atoms with Crippen molar-refractivity contribution in [1.29, 1.82) is 0 Å². The van der Waals surface area contributed by atoms with Gasteiger partial charge in [0, 0.05) is 24.8 Å². The van der Waals surface area contributed by atoms with Crippen molar-refractivity contribution >= 4 is 5.69 Å². The van der Waals surface area contributed by atoms with E-state index in [4.69, 9.17) is 0 Å². The number of nitrogens with one attached hydrogen (secondary N) is 1. The van der Waals surface area contributed by atoms with Crippen molar-refractivity contribution in [3.8, 4) is 0 Å². The van der Waals surface area contributed by atoms with Crippen molar-refractivity contribution < 1.29 is 9.50 Å². The number of benzene rings is 1. The van der Waals surface area contributed by atoms with Gasteiger partial charge < -0.3 is 15.3 Å². The fraction of sp³-hybridized carbons (Fsp3) is 0.625. The second-order valence-corrected chi connectivity index (χ2v) is 5.95. The second kappa shape index (κ2) is 6.10. The van der Waals surface area contributed by atoms with Crippen LogP contribution < -0.4 is 10.2 Å². The minimum Gasteiger partial charge on any atom is -0.391 e. The van der Waals surface area contributed by atoms with Crippen LogP contribution in [0.3, 0.4) is 0 Å². The average molecular weight is 280 g/mol. The summed E-state index contributed by atoms with van der Waals surface area (Å²) < 4.78 is 13.9. The number of hydrogen-bond donors (Lipinski definition) is 2. The predicted molar refractivity (Wildman–Crippen MR) is 80.6 cm³/mol. The fourth-order valence-electron chi connectivity index (χ4n) is 2.73. The zero-order valence-corrected chi connectivity index (χ0v) is 12.8. The van der Waals surface area contributed by atoms with Crippen molar-refractivity contribution in [2.24, 2.45) is 5.92 Å². The van der Waals surface area contributed by atoms with Gasteiger partial charge in [-0.1, -0.05) is 6.92 Å². The zero-order chi connectivity index (χ0) is 14.9. The maximum atomic E-state index is 13.9. The third kappa shape index (κ3) is 2.96. The summed E-state index contributed by atoms with van der Waals surface area (Å²) in [5, 5.41) is 13.3. The van der Waals surface area contributed by atoms with E-state index in [0.717, 1.165) is 24.2 Å². The van der Waals surface area contributed by atoms with Crippen LogP contribution in [0.5, 0.6) is 0 Å². The summed E-state index contributed by atoms with van der Waals surface area (Å²) in [4.78, 5) is 2.18. The van der Waals surface area contributed by atoms with E-state index in [1.807, 2.05) is 20.0 Å². The number of halogens is 1. The molecule has 3 unspecified atom stereocenters. The summed E-state index contributed by atoms with van der Waals surface area (Å²) in [6.07, 6.45) is 0.650. The molecule has 20 heavy (non-hydrogen) atoms. The summed E-state index contributed by atoms with van der Waals surface area (Å²) >= 11 is 0. The Morgan fingerprint density at radius 3 is 2.75 bits per heavy atom. The van der Waals surface area contributed by atoms with Gasteiger partial charge in [0.15, 0.2) is 0 Å². The molecule has 0 radical (unpaired) electrons. The first kappa shape index (κ1) is 15.3. The van der Waals surface area contributed by atoms with Crippen LogP contribution >= 0.6 is 0 Å². The van der Waals surface area contributed by atoms with E-state index in [1.54, 1.807) is 13.0 Å². The molecule has 112 valence electrons. The van der Waals surface area contributed by atoms with Gasteiger partial charge in [-0.15, -0.1) is 0 Å². The molecule has 0 amide bonds. The van der Waals surface area contributed by atoms with Gasteiger partial charge >= 0.3 is 0 Å². The maximum Gasteiger partial charge on any atom is 0.126 e. The number of aliphatic hydroxyl groups excluding tert-OH is 1. The smallest absolute Gasteiger partial charge is 0.126 e. The molecule has 1 aliphatic heterocycles. The van der Waals surface area contributed by atoms with Gasteiger partial charge in [-0.3, -0.25) is 0 Å². The van der Waals surface area contributed by atoms with E-state index >= 15 is 0 Å². The summed E-state index contributed by atoms with van der Waals surface area (Å²) in [6, 6.07) is 3.61. The molecule has 4 heteroatoms. The van der Waals surface area contributed by atoms with E-state index in [0.29, 0.717) is 18.0 Å².